The summed E-state index contributed by atoms with van der Waals surface area (Å²) in [5.41, 5.74) is 0.0666. The monoisotopic (exact) mass is 283 g/mol. The lowest BCUT2D eigenvalue weighted by Crippen LogP contribution is -2.45. The summed E-state index contributed by atoms with van der Waals surface area (Å²) in [5, 5.41) is 16.8. The maximum absolute atomic E-state index is 11.9. The zero-order chi connectivity index (χ0) is 13.9. The van der Waals surface area contributed by atoms with Gasteiger partial charge in [-0.15, -0.1) is 0 Å². The molecule has 0 spiro atoms. The standard InChI is InChI=1S/C12H17N3O3S/c1-12(5-2-6-13-7-12)8-14-11(16)9-3-4-10(19-9)15(17)18/h3-4,13H,2,5-8H2,1H3,(H,14,16). The molecule has 1 aliphatic rings. The van der Waals surface area contributed by atoms with Crippen LogP contribution >= 0.6 is 11.3 Å². The number of piperidine rings is 1. The molecule has 1 atom stereocenters. The van der Waals surface area contributed by atoms with E-state index in [-0.39, 0.29) is 16.3 Å². The molecule has 1 aromatic rings. The van der Waals surface area contributed by atoms with Gasteiger partial charge in [0, 0.05) is 19.2 Å². The first-order valence-corrected chi connectivity index (χ1v) is 7.05. The molecule has 0 aliphatic carbocycles. The number of carbonyl (C=O) groups excluding carboxylic acids is 1. The molecule has 7 heteroatoms. The zero-order valence-electron chi connectivity index (χ0n) is 10.8. The molecule has 1 saturated heterocycles. The molecule has 0 bridgehead atoms. The van der Waals surface area contributed by atoms with Gasteiger partial charge in [0.25, 0.3) is 5.91 Å². The highest BCUT2D eigenvalue weighted by Crippen LogP contribution is 2.26. The van der Waals surface area contributed by atoms with E-state index in [0.717, 1.165) is 37.3 Å². The van der Waals surface area contributed by atoms with Crippen LogP contribution in [0.1, 0.15) is 29.4 Å². The number of thiophene rings is 1. The summed E-state index contributed by atoms with van der Waals surface area (Å²) in [6, 6.07) is 2.86. The molecule has 0 aromatic carbocycles. The van der Waals surface area contributed by atoms with Gasteiger partial charge in [-0.2, -0.15) is 0 Å². The van der Waals surface area contributed by atoms with Crippen molar-refractivity contribution in [2.45, 2.75) is 19.8 Å². The maximum Gasteiger partial charge on any atom is 0.324 e. The lowest BCUT2D eigenvalue weighted by atomic mass is 9.83. The Bertz CT molecular complexity index is 480. The molecule has 1 amide bonds. The zero-order valence-corrected chi connectivity index (χ0v) is 11.6. The third kappa shape index (κ3) is 3.51. The van der Waals surface area contributed by atoms with E-state index in [9.17, 15) is 14.9 Å². The van der Waals surface area contributed by atoms with Crippen molar-refractivity contribution in [3.63, 3.8) is 0 Å². The number of nitrogens with zero attached hydrogens (tertiary/aromatic N) is 1. The first kappa shape index (κ1) is 14.0. The Balaban J connectivity index is 1.91. The largest absolute Gasteiger partial charge is 0.351 e. The number of nitro groups is 1. The molecule has 1 unspecified atom stereocenters. The minimum Gasteiger partial charge on any atom is -0.351 e. The number of nitrogens with one attached hydrogen (secondary N) is 2. The van der Waals surface area contributed by atoms with Crippen molar-refractivity contribution < 1.29 is 9.72 Å². The summed E-state index contributed by atoms with van der Waals surface area (Å²) in [5.74, 6) is -0.232. The Hall–Kier alpha value is -1.47. The lowest BCUT2D eigenvalue weighted by molar-refractivity contribution is -0.380. The fourth-order valence-corrected chi connectivity index (χ4v) is 2.94. The van der Waals surface area contributed by atoms with Gasteiger partial charge in [0.1, 0.15) is 0 Å². The van der Waals surface area contributed by atoms with E-state index < -0.39 is 4.92 Å². The average molecular weight is 283 g/mol. The van der Waals surface area contributed by atoms with Crippen molar-refractivity contribution in [3.05, 3.63) is 27.1 Å². The lowest BCUT2D eigenvalue weighted by Gasteiger charge is -2.34. The fraction of sp³-hybridized carbons (Fsp3) is 0.583. The molecule has 2 N–H and O–H groups in total. The molecule has 6 nitrogen and oxygen atoms in total. The predicted molar refractivity (Wildman–Crippen MR) is 73.5 cm³/mol. The highest BCUT2D eigenvalue weighted by Gasteiger charge is 2.27. The van der Waals surface area contributed by atoms with Gasteiger partial charge < -0.3 is 10.6 Å². The first-order chi connectivity index (χ1) is 9.00. The molecule has 0 radical (unpaired) electrons. The molecule has 1 aliphatic heterocycles. The van der Waals surface area contributed by atoms with Crippen LogP contribution in [0.3, 0.4) is 0 Å². The van der Waals surface area contributed by atoms with Gasteiger partial charge in [-0.25, -0.2) is 0 Å². The molecule has 0 saturated carbocycles. The fourth-order valence-electron chi connectivity index (χ4n) is 2.20. The van der Waals surface area contributed by atoms with Crippen LogP contribution in [0.25, 0.3) is 0 Å². The van der Waals surface area contributed by atoms with E-state index in [1.165, 1.54) is 12.1 Å². The predicted octanol–water partition coefficient (Wildman–Crippen LogP) is 1.78. The van der Waals surface area contributed by atoms with E-state index in [1.54, 1.807) is 0 Å². The van der Waals surface area contributed by atoms with Crippen molar-refractivity contribution in [1.82, 2.24) is 10.6 Å². The first-order valence-electron chi connectivity index (χ1n) is 6.23. The quantitative estimate of drug-likeness (QED) is 0.651. The van der Waals surface area contributed by atoms with Crippen molar-refractivity contribution in [1.29, 1.82) is 0 Å². The van der Waals surface area contributed by atoms with E-state index in [2.05, 4.69) is 17.6 Å². The van der Waals surface area contributed by atoms with Crippen LogP contribution in [0.4, 0.5) is 5.00 Å². The van der Waals surface area contributed by atoms with Crippen LogP contribution in [0.2, 0.25) is 0 Å². The number of carbonyl (C=O) groups is 1. The molecule has 1 fully saturated rings. The molecule has 2 heterocycles. The van der Waals surface area contributed by atoms with Crippen LogP contribution < -0.4 is 10.6 Å². The second-order valence-corrected chi connectivity index (χ2v) is 6.23. The summed E-state index contributed by atoms with van der Waals surface area (Å²) in [4.78, 5) is 22.4. The molecule has 104 valence electrons. The minimum absolute atomic E-state index is 0.00399. The van der Waals surface area contributed by atoms with Gasteiger partial charge in [0.2, 0.25) is 0 Å². The molecular formula is C12H17N3O3S. The number of hydrogen-bond acceptors (Lipinski definition) is 5. The van der Waals surface area contributed by atoms with Gasteiger partial charge >= 0.3 is 5.00 Å². The Kier molecular flexibility index (Phi) is 4.16. The Morgan fingerprint density at radius 1 is 1.63 bits per heavy atom. The smallest absolute Gasteiger partial charge is 0.324 e. The van der Waals surface area contributed by atoms with Gasteiger partial charge in [-0.1, -0.05) is 18.3 Å². The number of rotatable bonds is 4. The Labute approximate surface area is 115 Å². The summed E-state index contributed by atoms with van der Waals surface area (Å²) in [6.07, 6.45) is 2.18. The summed E-state index contributed by atoms with van der Waals surface area (Å²) in [7, 11) is 0. The Morgan fingerprint density at radius 3 is 3.00 bits per heavy atom. The number of amides is 1. The van der Waals surface area contributed by atoms with Crippen molar-refractivity contribution >= 4 is 22.2 Å². The van der Waals surface area contributed by atoms with E-state index in [1.807, 2.05) is 0 Å². The Morgan fingerprint density at radius 2 is 2.42 bits per heavy atom. The second-order valence-electron chi connectivity index (χ2n) is 5.17. The van der Waals surface area contributed by atoms with Crippen LogP contribution in [0.5, 0.6) is 0 Å². The van der Waals surface area contributed by atoms with Gasteiger partial charge in [-0.3, -0.25) is 14.9 Å². The molecular weight excluding hydrogens is 266 g/mol. The van der Waals surface area contributed by atoms with Gasteiger partial charge in [0.05, 0.1) is 9.80 Å². The third-order valence-corrected chi connectivity index (χ3v) is 4.39. The van der Waals surface area contributed by atoms with E-state index in [0.29, 0.717) is 11.4 Å². The SMILES string of the molecule is CC1(CNC(=O)c2ccc([N+](=O)[O-])s2)CCCNC1. The molecule has 19 heavy (non-hydrogen) atoms. The average Bonchev–Trinajstić information content (AvgIpc) is 2.87. The van der Waals surface area contributed by atoms with E-state index >= 15 is 0 Å². The maximum atomic E-state index is 11.9. The topological polar surface area (TPSA) is 84.3 Å². The minimum atomic E-state index is -0.478. The summed E-state index contributed by atoms with van der Waals surface area (Å²) >= 11 is 0.908. The van der Waals surface area contributed by atoms with Crippen LogP contribution in [0, 0.1) is 15.5 Å². The molecule has 1 aromatic heterocycles. The second kappa shape index (κ2) is 5.66. The van der Waals surface area contributed by atoms with Gasteiger partial charge in [-0.05, 0) is 30.9 Å². The molecule has 2 rings (SSSR count). The van der Waals surface area contributed by atoms with Crippen LogP contribution in [-0.2, 0) is 0 Å². The van der Waals surface area contributed by atoms with Crippen LogP contribution in [-0.4, -0.2) is 30.5 Å². The summed E-state index contributed by atoms with van der Waals surface area (Å²) < 4.78 is 0. The third-order valence-electron chi connectivity index (χ3n) is 3.36. The summed E-state index contributed by atoms with van der Waals surface area (Å²) in [6.45, 7) is 4.64. The van der Waals surface area contributed by atoms with Crippen molar-refractivity contribution in [2.75, 3.05) is 19.6 Å². The number of hydrogen-bond donors (Lipinski definition) is 2. The highest BCUT2D eigenvalue weighted by molar-refractivity contribution is 7.17. The van der Waals surface area contributed by atoms with Crippen LogP contribution in [0.15, 0.2) is 12.1 Å². The van der Waals surface area contributed by atoms with Gasteiger partial charge in [0.15, 0.2) is 0 Å². The van der Waals surface area contributed by atoms with Crippen molar-refractivity contribution in [2.24, 2.45) is 5.41 Å². The normalized spacial score (nSPS) is 23.0. The highest BCUT2D eigenvalue weighted by atomic mass is 32.1. The van der Waals surface area contributed by atoms with Crippen molar-refractivity contribution in [3.8, 4) is 0 Å². The van der Waals surface area contributed by atoms with E-state index in [4.69, 9.17) is 0 Å².